The Labute approximate surface area is 124 Å². The minimum absolute atomic E-state index is 0.0896. The quantitative estimate of drug-likeness (QED) is 0.503. The Balaban J connectivity index is 2.22. The van der Waals surface area contributed by atoms with Crippen molar-refractivity contribution < 1.29 is 4.74 Å². The topological polar surface area (TPSA) is 71.1 Å². The molecule has 0 radical (unpaired) electrons. The average molecular weight is 281 g/mol. The van der Waals surface area contributed by atoms with Crippen LogP contribution in [0.3, 0.4) is 0 Å². The van der Waals surface area contributed by atoms with Crippen molar-refractivity contribution in [1.82, 2.24) is 0 Å². The Hall–Kier alpha value is -2.49. The van der Waals surface area contributed by atoms with Crippen molar-refractivity contribution in [3.63, 3.8) is 0 Å². The van der Waals surface area contributed by atoms with Crippen molar-refractivity contribution in [3.05, 3.63) is 47.0 Å². The van der Waals surface area contributed by atoms with Crippen LogP contribution in [0.25, 0.3) is 0 Å². The van der Waals surface area contributed by atoms with E-state index in [0.717, 1.165) is 46.8 Å². The normalized spacial score (nSPS) is 11.9. The van der Waals surface area contributed by atoms with E-state index in [4.69, 9.17) is 15.9 Å². The van der Waals surface area contributed by atoms with Gasteiger partial charge in [-0.2, -0.15) is 0 Å². The van der Waals surface area contributed by atoms with Crippen LogP contribution in [0.5, 0.6) is 11.5 Å². The Morgan fingerprint density at radius 1 is 1.14 bits per heavy atom. The number of ether oxygens (including phenoxy) is 1. The second-order valence-electron chi connectivity index (χ2n) is 5.10. The van der Waals surface area contributed by atoms with E-state index in [0.29, 0.717) is 0 Å². The van der Waals surface area contributed by atoms with Gasteiger partial charge in [0.25, 0.3) is 0 Å². The summed E-state index contributed by atoms with van der Waals surface area (Å²) in [7, 11) is 0. The molecule has 1 heterocycles. The van der Waals surface area contributed by atoms with Crippen LogP contribution in [0, 0.1) is 5.41 Å². The van der Waals surface area contributed by atoms with E-state index in [2.05, 4.69) is 19.2 Å². The van der Waals surface area contributed by atoms with Gasteiger partial charge in [-0.15, -0.1) is 0 Å². The molecule has 0 bridgehead atoms. The van der Waals surface area contributed by atoms with Crippen molar-refractivity contribution in [1.29, 1.82) is 5.41 Å². The summed E-state index contributed by atoms with van der Waals surface area (Å²) in [5, 5.41) is 11.3. The first-order valence-electron chi connectivity index (χ1n) is 7.22. The lowest BCUT2D eigenvalue weighted by molar-refractivity contribution is 0.480. The predicted molar refractivity (Wildman–Crippen MR) is 86.0 cm³/mol. The largest absolute Gasteiger partial charge is 0.453 e. The first-order valence-corrected chi connectivity index (χ1v) is 7.22. The number of hydrogen-bond donors (Lipinski definition) is 3. The highest BCUT2D eigenvalue weighted by Gasteiger charge is 2.23. The fourth-order valence-corrected chi connectivity index (χ4v) is 2.92. The second-order valence-corrected chi connectivity index (χ2v) is 5.10. The van der Waals surface area contributed by atoms with Gasteiger partial charge in [0.1, 0.15) is 5.84 Å². The number of hydrogen-bond acceptors (Lipinski definition) is 3. The molecule has 0 unspecified atom stereocenters. The van der Waals surface area contributed by atoms with Gasteiger partial charge < -0.3 is 15.8 Å². The summed E-state index contributed by atoms with van der Waals surface area (Å²) in [4.78, 5) is 0. The summed E-state index contributed by atoms with van der Waals surface area (Å²) >= 11 is 0. The van der Waals surface area contributed by atoms with Crippen molar-refractivity contribution in [2.75, 3.05) is 5.32 Å². The molecule has 21 heavy (non-hydrogen) atoms. The Kier molecular flexibility index (Phi) is 3.29. The van der Waals surface area contributed by atoms with Gasteiger partial charge in [-0.25, -0.2) is 0 Å². The molecule has 0 aliphatic carbocycles. The van der Waals surface area contributed by atoms with E-state index in [9.17, 15) is 0 Å². The number of benzene rings is 2. The first-order chi connectivity index (χ1) is 10.2. The predicted octanol–water partition coefficient (Wildman–Crippen LogP) is 3.94. The van der Waals surface area contributed by atoms with Gasteiger partial charge in [-0.1, -0.05) is 26.0 Å². The van der Waals surface area contributed by atoms with Crippen molar-refractivity contribution in [2.45, 2.75) is 26.7 Å². The van der Waals surface area contributed by atoms with Crippen LogP contribution in [0.2, 0.25) is 0 Å². The summed E-state index contributed by atoms with van der Waals surface area (Å²) < 4.78 is 6.00. The molecule has 4 N–H and O–H groups in total. The van der Waals surface area contributed by atoms with Gasteiger partial charge in [-0.3, -0.25) is 5.41 Å². The van der Waals surface area contributed by atoms with Crippen LogP contribution in [0.4, 0.5) is 11.4 Å². The van der Waals surface area contributed by atoms with Crippen LogP contribution < -0.4 is 15.8 Å². The summed E-state index contributed by atoms with van der Waals surface area (Å²) in [6.07, 6.45) is 1.71. The Bertz CT molecular complexity index is 722. The number of nitrogens with one attached hydrogen (secondary N) is 2. The van der Waals surface area contributed by atoms with Gasteiger partial charge in [-0.05, 0) is 42.2 Å². The third-order valence-electron chi connectivity index (χ3n) is 3.88. The maximum atomic E-state index is 7.82. The number of nitrogen functional groups attached to an aromatic ring is 1. The summed E-state index contributed by atoms with van der Waals surface area (Å²) in [6, 6.07) is 9.73. The van der Waals surface area contributed by atoms with E-state index in [1.54, 1.807) is 0 Å². The second kappa shape index (κ2) is 5.13. The number of anilines is 2. The van der Waals surface area contributed by atoms with E-state index in [-0.39, 0.29) is 5.84 Å². The number of para-hydroxylation sites is 2. The van der Waals surface area contributed by atoms with Crippen LogP contribution >= 0.6 is 0 Å². The number of rotatable bonds is 3. The van der Waals surface area contributed by atoms with E-state index < -0.39 is 0 Å². The minimum Gasteiger partial charge on any atom is -0.453 e. The smallest absolute Gasteiger partial charge is 0.152 e. The van der Waals surface area contributed by atoms with Gasteiger partial charge in [0.2, 0.25) is 0 Å². The van der Waals surface area contributed by atoms with Gasteiger partial charge >= 0.3 is 0 Å². The molecule has 0 aromatic heterocycles. The molecule has 0 amide bonds. The lowest BCUT2D eigenvalue weighted by Gasteiger charge is -2.26. The van der Waals surface area contributed by atoms with E-state index in [1.165, 1.54) is 5.56 Å². The lowest BCUT2D eigenvalue weighted by atomic mass is 9.93. The zero-order valence-corrected chi connectivity index (χ0v) is 12.3. The Morgan fingerprint density at radius 3 is 2.52 bits per heavy atom. The molecule has 0 saturated heterocycles. The highest BCUT2D eigenvalue weighted by molar-refractivity contribution is 5.99. The third kappa shape index (κ3) is 2.13. The van der Waals surface area contributed by atoms with Crippen LogP contribution in [0.15, 0.2) is 30.3 Å². The third-order valence-corrected chi connectivity index (χ3v) is 3.88. The molecule has 108 valence electrons. The molecule has 2 aromatic rings. The molecule has 0 atom stereocenters. The highest BCUT2D eigenvalue weighted by Crippen LogP contribution is 2.45. The van der Waals surface area contributed by atoms with Crippen molar-refractivity contribution in [2.24, 2.45) is 5.73 Å². The molecule has 2 aromatic carbocycles. The van der Waals surface area contributed by atoms with E-state index >= 15 is 0 Å². The Morgan fingerprint density at radius 2 is 1.86 bits per heavy atom. The fourth-order valence-electron chi connectivity index (χ4n) is 2.92. The van der Waals surface area contributed by atoms with Crippen LogP contribution in [0.1, 0.15) is 30.5 Å². The molecule has 0 fully saturated rings. The summed E-state index contributed by atoms with van der Waals surface area (Å²) in [5.41, 5.74) is 10.8. The molecule has 1 aliphatic heterocycles. The molecule has 4 nitrogen and oxygen atoms in total. The lowest BCUT2D eigenvalue weighted by Crippen LogP contribution is -2.17. The monoisotopic (exact) mass is 281 g/mol. The molecule has 3 rings (SSSR count). The maximum absolute atomic E-state index is 7.82. The van der Waals surface area contributed by atoms with Gasteiger partial charge in [0.05, 0.1) is 11.4 Å². The minimum atomic E-state index is 0.0896. The standard InChI is InChI=1S/C17H19N3O/c1-3-10-11(4-2)16-15(9-12(10)17(18)19)21-14-8-6-5-7-13(14)20-16/h5-9,20H,3-4H2,1-2H3,(H3,18,19). The number of fused-ring (bicyclic) bond motifs is 2. The molecule has 0 saturated carbocycles. The van der Waals surface area contributed by atoms with E-state index in [1.807, 2.05) is 30.3 Å². The molecule has 4 heteroatoms. The average Bonchev–Trinajstić information content (AvgIpc) is 2.50. The summed E-state index contributed by atoms with van der Waals surface area (Å²) in [5.74, 6) is 1.63. The van der Waals surface area contributed by atoms with Crippen molar-refractivity contribution >= 4 is 17.2 Å². The van der Waals surface area contributed by atoms with Crippen molar-refractivity contribution in [3.8, 4) is 11.5 Å². The van der Waals surface area contributed by atoms with Gasteiger partial charge in [0.15, 0.2) is 11.5 Å². The zero-order valence-electron chi connectivity index (χ0n) is 12.3. The molecular formula is C17H19N3O. The highest BCUT2D eigenvalue weighted by atomic mass is 16.5. The molecule has 0 spiro atoms. The number of amidine groups is 1. The fraction of sp³-hybridized carbons (Fsp3) is 0.235. The number of nitrogens with two attached hydrogens (primary N) is 1. The van der Waals surface area contributed by atoms with Crippen LogP contribution in [-0.4, -0.2) is 5.84 Å². The molecule has 1 aliphatic rings. The zero-order chi connectivity index (χ0) is 15.0. The maximum Gasteiger partial charge on any atom is 0.152 e. The SMILES string of the molecule is CCc1c(C(=N)N)cc2c(c1CC)Nc1ccccc1O2. The summed E-state index contributed by atoms with van der Waals surface area (Å²) in [6.45, 7) is 4.20. The van der Waals surface area contributed by atoms with Crippen LogP contribution in [-0.2, 0) is 12.8 Å². The van der Waals surface area contributed by atoms with Gasteiger partial charge in [0, 0.05) is 5.56 Å². The first kappa shape index (κ1) is 13.5. The molecular weight excluding hydrogens is 262 g/mol.